The van der Waals surface area contributed by atoms with Crippen LogP contribution in [0.5, 0.6) is 0 Å². The zero-order chi connectivity index (χ0) is 14.7. The van der Waals surface area contributed by atoms with Crippen molar-refractivity contribution in [2.45, 2.75) is 25.9 Å². The fraction of sp³-hybridized carbons (Fsp3) is 0.368. The number of hydrogen-bond acceptors (Lipinski definition) is 2. The molecule has 1 N–H and O–H groups in total. The zero-order valence-corrected chi connectivity index (χ0v) is 13.0. The number of benzene rings is 2. The molecular formula is C19H24N2. The lowest BCUT2D eigenvalue weighted by Crippen LogP contribution is -2.35. The van der Waals surface area contributed by atoms with Crippen LogP contribution in [0.2, 0.25) is 0 Å². The Morgan fingerprint density at radius 2 is 1.86 bits per heavy atom. The van der Waals surface area contributed by atoms with Crippen LogP contribution in [0.1, 0.15) is 28.2 Å². The van der Waals surface area contributed by atoms with E-state index in [1.165, 1.54) is 22.3 Å². The minimum absolute atomic E-state index is 0.588. The molecule has 2 aromatic carbocycles. The van der Waals surface area contributed by atoms with E-state index in [2.05, 4.69) is 72.7 Å². The summed E-state index contributed by atoms with van der Waals surface area (Å²) >= 11 is 0. The van der Waals surface area contributed by atoms with Gasteiger partial charge in [0, 0.05) is 32.1 Å². The number of aryl methyl sites for hydroxylation is 1. The maximum absolute atomic E-state index is 3.54. The van der Waals surface area contributed by atoms with Crippen LogP contribution >= 0.6 is 0 Å². The maximum atomic E-state index is 3.54. The van der Waals surface area contributed by atoms with E-state index in [0.29, 0.717) is 5.92 Å². The molecule has 0 aromatic heterocycles. The summed E-state index contributed by atoms with van der Waals surface area (Å²) in [4.78, 5) is 2.43. The third kappa shape index (κ3) is 3.52. The first-order valence-corrected chi connectivity index (χ1v) is 7.75. The lowest BCUT2D eigenvalue weighted by atomic mass is 9.90. The van der Waals surface area contributed by atoms with Gasteiger partial charge in [-0.15, -0.1) is 0 Å². The molecule has 3 rings (SSSR count). The molecule has 2 heteroatoms. The van der Waals surface area contributed by atoms with Crippen LogP contribution < -0.4 is 5.32 Å². The van der Waals surface area contributed by atoms with Gasteiger partial charge in [-0.05, 0) is 30.7 Å². The topological polar surface area (TPSA) is 15.3 Å². The van der Waals surface area contributed by atoms with Crippen LogP contribution in [-0.4, -0.2) is 25.0 Å². The lowest BCUT2D eigenvalue weighted by Gasteiger charge is -2.30. The van der Waals surface area contributed by atoms with Crippen LogP contribution in [0.3, 0.4) is 0 Å². The second-order valence-electron chi connectivity index (χ2n) is 6.21. The predicted octanol–water partition coefficient (Wildman–Crippen LogP) is 3.31. The van der Waals surface area contributed by atoms with Gasteiger partial charge < -0.3 is 10.2 Å². The van der Waals surface area contributed by atoms with Gasteiger partial charge in [0.15, 0.2) is 0 Å². The molecule has 0 radical (unpaired) electrons. The van der Waals surface area contributed by atoms with Crippen molar-refractivity contribution >= 4 is 0 Å². The maximum Gasteiger partial charge on any atom is 0.0230 e. The Labute approximate surface area is 127 Å². The van der Waals surface area contributed by atoms with E-state index < -0.39 is 0 Å². The smallest absolute Gasteiger partial charge is 0.0230 e. The van der Waals surface area contributed by atoms with Gasteiger partial charge in [0.2, 0.25) is 0 Å². The normalized spacial score (nSPS) is 17.8. The molecule has 0 bridgehead atoms. The summed E-state index contributed by atoms with van der Waals surface area (Å²) in [5.74, 6) is 0.588. The third-order valence-corrected chi connectivity index (χ3v) is 4.31. The first kappa shape index (κ1) is 14.3. The minimum atomic E-state index is 0.588. The van der Waals surface area contributed by atoms with Gasteiger partial charge in [-0.25, -0.2) is 0 Å². The van der Waals surface area contributed by atoms with E-state index in [4.69, 9.17) is 0 Å². The quantitative estimate of drug-likeness (QED) is 0.924. The van der Waals surface area contributed by atoms with E-state index in [1.807, 2.05) is 0 Å². The Morgan fingerprint density at radius 1 is 1.10 bits per heavy atom. The van der Waals surface area contributed by atoms with Crippen molar-refractivity contribution in [3.8, 4) is 0 Å². The SMILES string of the molecule is Cc1ccc(CN(C)CC2CNCc3ccccc32)cc1. The number of likely N-dealkylation sites (N-methyl/N-ethyl adjacent to an activating group) is 1. The highest BCUT2D eigenvalue weighted by molar-refractivity contribution is 5.33. The fourth-order valence-electron chi connectivity index (χ4n) is 3.19. The molecule has 1 unspecified atom stereocenters. The summed E-state index contributed by atoms with van der Waals surface area (Å²) in [6.45, 7) is 6.33. The van der Waals surface area contributed by atoms with Gasteiger partial charge in [-0.1, -0.05) is 54.1 Å². The van der Waals surface area contributed by atoms with Crippen molar-refractivity contribution in [1.82, 2.24) is 10.2 Å². The van der Waals surface area contributed by atoms with Gasteiger partial charge in [-0.2, -0.15) is 0 Å². The van der Waals surface area contributed by atoms with Gasteiger partial charge in [0.25, 0.3) is 0 Å². The monoisotopic (exact) mass is 280 g/mol. The molecule has 21 heavy (non-hydrogen) atoms. The summed E-state index contributed by atoms with van der Waals surface area (Å²) in [6, 6.07) is 17.7. The van der Waals surface area contributed by atoms with Gasteiger partial charge in [-0.3, -0.25) is 0 Å². The average Bonchev–Trinajstić information content (AvgIpc) is 2.50. The van der Waals surface area contributed by atoms with E-state index in [0.717, 1.165) is 26.2 Å². The second-order valence-corrected chi connectivity index (χ2v) is 6.21. The standard InChI is InChI=1S/C19H24N2/c1-15-7-9-16(10-8-15)13-21(2)14-18-12-20-11-17-5-3-4-6-19(17)18/h3-10,18,20H,11-14H2,1-2H3. The summed E-state index contributed by atoms with van der Waals surface area (Å²) in [5.41, 5.74) is 5.69. The lowest BCUT2D eigenvalue weighted by molar-refractivity contribution is 0.293. The molecule has 110 valence electrons. The van der Waals surface area contributed by atoms with Crippen LogP contribution in [0, 0.1) is 6.92 Å². The largest absolute Gasteiger partial charge is 0.312 e. The molecule has 0 amide bonds. The molecule has 1 aliphatic rings. The molecule has 0 spiro atoms. The Balaban J connectivity index is 1.65. The number of hydrogen-bond donors (Lipinski definition) is 1. The third-order valence-electron chi connectivity index (χ3n) is 4.31. The highest BCUT2D eigenvalue weighted by Crippen LogP contribution is 2.24. The molecular weight excluding hydrogens is 256 g/mol. The van der Waals surface area contributed by atoms with Crippen LogP contribution in [0.15, 0.2) is 48.5 Å². The summed E-state index contributed by atoms with van der Waals surface area (Å²) in [5, 5.41) is 3.54. The number of rotatable bonds is 4. The Morgan fingerprint density at radius 3 is 2.67 bits per heavy atom. The van der Waals surface area contributed by atoms with Gasteiger partial charge >= 0.3 is 0 Å². The van der Waals surface area contributed by atoms with Gasteiger partial charge in [0.1, 0.15) is 0 Å². The molecule has 2 nitrogen and oxygen atoms in total. The van der Waals surface area contributed by atoms with Gasteiger partial charge in [0.05, 0.1) is 0 Å². The molecule has 1 atom stereocenters. The fourth-order valence-corrected chi connectivity index (χ4v) is 3.19. The Hall–Kier alpha value is -1.64. The van der Waals surface area contributed by atoms with Crippen LogP contribution in [0.4, 0.5) is 0 Å². The molecule has 1 heterocycles. The van der Waals surface area contributed by atoms with Crippen LogP contribution in [-0.2, 0) is 13.1 Å². The van der Waals surface area contributed by atoms with Crippen LogP contribution in [0.25, 0.3) is 0 Å². The van der Waals surface area contributed by atoms with E-state index in [-0.39, 0.29) is 0 Å². The second kappa shape index (κ2) is 6.42. The van der Waals surface area contributed by atoms with Crippen molar-refractivity contribution in [2.24, 2.45) is 0 Å². The summed E-state index contributed by atoms with van der Waals surface area (Å²) in [6.07, 6.45) is 0. The summed E-state index contributed by atoms with van der Waals surface area (Å²) < 4.78 is 0. The van der Waals surface area contributed by atoms with Crippen molar-refractivity contribution in [3.63, 3.8) is 0 Å². The average molecular weight is 280 g/mol. The molecule has 0 aliphatic carbocycles. The minimum Gasteiger partial charge on any atom is -0.312 e. The van der Waals surface area contributed by atoms with Crippen molar-refractivity contribution < 1.29 is 0 Å². The molecule has 0 fully saturated rings. The number of nitrogens with zero attached hydrogens (tertiary/aromatic N) is 1. The number of fused-ring (bicyclic) bond motifs is 1. The Bertz CT molecular complexity index is 589. The highest BCUT2D eigenvalue weighted by Gasteiger charge is 2.20. The van der Waals surface area contributed by atoms with Crippen molar-refractivity contribution in [3.05, 3.63) is 70.8 Å². The first-order chi connectivity index (χ1) is 10.2. The number of nitrogens with one attached hydrogen (secondary N) is 1. The summed E-state index contributed by atoms with van der Waals surface area (Å²) in [7, 11) is 2.22. The van der Waals surface area contributed by atoms with E-state index >= 15 is 0 Å². The zero-order valence-electron chi connectivity index (χ0n) is 13.0. The Kier molecular flexibility index (Phi) is 4.37. The molecule has 1 aliphatic heterocycles. The van der Waals surface area contributed by atoms with Crippen molar-refractivity contribution in [2.75, 3.05) is 20.1 Å². The van der Waals surface area contributed by atoms with Crippen molar-refractivity contribution in [1.29, 1.82) is 0 Å². The van der Waals surface area contributed by atoms with E-state index in [9.17, 15) is 0 Å². The molecule has 0 saturated carbocycles. The highest BCUT2D eigenvalue weighted by atomic mass is 15.1. The molecule has 2 aromatic rings. The van der Waals surface area contributed by atoms with E-state index in [1.54, 1.807) is 0 Å². The molecule has 0 saturated heterocycles. The predicted molar refractivity (Wildman–Crippen MR) is 88.4 cm³/mol. The first-order valence-electron chi connectivity index (χ1n) is 7.75.